The van der Waals surface area contributed by atoms with Crippen molar-refractivity contribution in [2.75, 3.05) is 24.5 Å². The van der Waals surface area contributed by atoms with Gasteiger partial charge in [-0.2, -0.15) is 4.98 Å². The molecule has 2 heterocycles. The van der Waals surface area contributed by atoms with E-state index in [0.717, 1.165) is 22.5 Å². The van der Waals surface area contributed by atoms with Crippen molar-refractivity contribution >= 4 is 33.3 Å². The molecule has 0 amide bonds. The van der Waals surface area contributed by atoms with Gasteiger partial charge in [0, 0.05) is 19.8 Å². The number of anilines is 2. The van der Waals surface area contributed by atoms with E-state index >= 15 is 0 Å². The van der Waals surface area contributed by atoms with Crippen LogP contribution in [0.1, 0.15) is 13.3 Å². The van der Waals surface area contributed by atoms with E-state index in [1.54, 1.807) is 18.4 Å². The van der Waals surface area contributed by atoms with Crippen LogP contribution in [0.25, 0.3) is 10.2 Å². The molecule has 98 valence electrons. The second-order valence-electron chi connectivity index (χ2n) is 4.01. The van der Waals surface area contributed by atoms with Crippen LogP contribution in [0.15, 0.2) is 11.4 Å². The molecule has 0 spiro atoms. The average Bonchev–Trinajstić information content (AvgIpc) is 2.84. The van der Waals surface area contributed by atoms with Gasteiger partial charge in [-0.25, -0.2) is 10.8 Å². The van der Waals surface area contributed by atoms with Gasteiger partial charge < -0.3 is 10.1 Å². The lowest BCUT2D eigenvalue weighted by molar-refractivity contribution is 0.191. The summed E-state index contributed by atoms with van der Waals surface area (Å²) in [5.74, 6) is 6.60. The second kappa shape index (κ2) is 5.94. The molecular weight excluding hydrogens is 250 g/mol. The molecular formula is C11H17N5OS. The summed E-state index contributed by atoms with van der Waals surface area (Å²) in [5, 5.41) is 6.37. The fraction of sp³-hybridized carbons (Fsp3) is 0.455. The molecule has 0 aliphatic rings. The summed E-state index contributed by atoms with van der Waals surface area (Å²) in [6, 6.07) is 2.28. The Morgan fingerprint density at radius 1 is 1.50 bits per heavy atom. The highest BCUT2D eigenvalue weighted by molar-refractivity contribution is 7.16. The van der Waals surface area contributed by atoms with Crippen molar-refractivity contribution in [3.63, 3.8) is 0 Å². The molecule has 0 saturated carbocycles. The van der Waals surface area contributed by atoms with Crippen LogP contribution in [-0.2, 0) is 4.74 Å². The van der Waals surface area contributed by atoms with Crippen LogP contribution in [0.2, 0.25) is 0 Å². The SMILES string of the molecule is COCCC(C)Nc1nc(NN)nc2sccc12. The first-order chi connectivity index (χ1) is 8.74. The summed E-state index contributed by atoms with van der Waals surface area (Å²) in [4.78, 5) is 9.55. The van der Waals surface area contributed by atoms with Crippen molar-refractivity contribution in [1.82, 2.24) is 9.97 Å². The molecule has 4 N–H and O–H groups in total. The lowest BCUT2D eigenvalue weighted by atomic mass is 10.2. The van der Waals surface area contributed by atoms with Crippen LogP contribution in [0.5, 0.6) is 0 Å². The van der Waals surface area contributed by atoms with Crippen molar-refractivity contribution in [1.29, 1.82) is 0 Å². The zero-order chi connectivity index (χ0) is 13.0. The van der Waals surface area contributed by atoms with Crippen LogP contribution >= 0.6 is 11.3 Å². The molecule has 0 fully saturated rings. The molecule has 6 nitrogen and oxygen atoms in total. The largest absolute Gasteiger partial charge is 0.385 e. The number of ether oxygens (including phenoxy) is 1. The van der Waals surface area contributed by atoms with Gasteiger partial charge in [0.25, 0.3) is 0 Å². The predicted octanol–water partition coefficient (Wildman–Crippen LogP) is 1.81. The molecule has 0 aromatic carbocycles. The smallest absolute Gasteiger partial charge is 0.240 e. The molecule has 2 aromatic rings. The number of nitrogens with zero attached hydrogens (tertiary/aromatic N) is 2. The third-order valence-corrected chi connectivity index (χ3v) is 3.40. The lowest BCUT2D eigenvalue weighted by Gasteiger charge is -2.15. The minimum absolute atomic E-state index is 0.272. The molecule has 1 unspecified atom stereocenters. The average molecular weight is 267 g/mol. The van der Waals surface area contributed by atoms with E-state index in [9.17, 15) is 0 Å². The first-order valence-electron chi connectivity index (χ1n) is 5.72. The maximum Gasteiger partial charge on any atom is 0.240 e. The van der Waals surface area contributed by atoms with E-state index in [1.807, 2.05) is 11.4 Å². The number of hydrogen-bond donors (Lipinski definition) is 3. The lowest BCUT2D eigenvalue weighted by Crippen LogP contribution is -2.19. The number of nitrogens with one attached hydrogen (secondary N) is 2. The summed E-state index contributed by atoms with van der Waals surface area (Å²) in [7, 11) is 1.70. The number of hydrazine groups is 1. The highest BCUT2D eigenvalue weighted by atomic mass is 32.1. The third-order valence-electron chi connectivity index (χ3n) is 2.59. The summed E-state index contributed by atoms with van der Waals surface area (Å²) in [6.45, 7) is 2.81. The Hall–Kier alpha value is -1.44. The molecule has 2 rings (SSSR count). The summed E-state index contributed by atoms with van der Waals surface area (Å²) in [5.41, 5.74) is 2.49. The van der Waals surface area contributed by atoms with Crippen molar-refractivity contribution in [3.05, 3.63) is 11.4 Å². The molecule has 7 heteroatoms. The van der Waals surface area contributed by atoms with Crippen molar-refractivity contribution in [3.8, 4) is 0 Å². The Balaban J connectivity index is 2.22. The minimum Gasteiger partial charge on any atom is -0.385 e. The quantitative estimate of drug-likeness (QED) is 0.547. The third kappa shape index (κ3) is 2.87. The summed E-state index contributed by atoms with van der Waals surface area (Å²) in [6.07, 6.45) is 0.914. The second-order valence-corrected chi connectivity index (χ2v) is 4.90. The van der Waals surface area contributed by atoms with E-state index in [0.29, 0.717) is 12.6 Å². The molecule has 1 atom stereocenters. The highest BCUT2D eigenvalue weighted by Crippen LogP contribution is 2.26. The molecule has 2 aromatic heterocycles. The fourth-order valence-corrected chi connectivity index (χ4v) is 2.39. The van der Waals surface area contributed by atoms with Gasteiger partial charge in [-0.3, -0.25) is 5.43 Å². The number of fused-ring (bicyclic) bond motifs is 1. The fourth-order valence-electron chi connectivity index (χ4n) is 1.63. The number of thiophene rings is 1. The standard InChI is InChI=1S/C11H17N5OS/c1-7(3-5-17-2)13-9-8-4-6-18-10(8)15-11(14-9)16-12/h4,6-7H,3,5,12H2,1-2H3,(H2,13,14,15,16). The van der Waals surface area contributed by atoms with Crippen LogP contribution in [0, 0.1) is 0 Å². The van der Waals surface area contributed by atoms with Gasteiger partial charge >= 0.3 is 0 Å². The van der Waals surface area contributed by atoms with Gasteiger partial charge in [-0.1, -0.05) is 0 Å². The Morgan fingerprint density at radius 2 is 2.33 bits per heavy atom. The normalized spacial score (nSPS) is 12.6. The van der Waals surface area contributed by atoms with Crippen LogP contribution in [0.4, 0.5) is 11.8 Å². The van der Waals surface area contributed by atoms with E-state index < -0.39 is 0 Å². The van der Waals surface area contributed by atoms with Crippen LogP contribution in [-0.4, -0.2) is 29.7 Å². The Morgan fingerprint density at radius 3 is 3.06 bits per heavy atom. The van der Waals surface area contributed by atoms with Crippen molar-refractivity contribution in [2.24, 2.45) is 5.84 Å². The maximum absolute atomic E-state index is 5.37. The number of aromatic nitrogens is 2. The number of nitrogen functional groups attached to an aromatic ring is 1. The Bertz CT molecular complexity index is 515. The number of nitrogens with two attached hydrogens (primary N) is 1. The predicted molar refractivity (Wildman–Crippen MR) is 74.8 cm³/mol. The molecule has 18 heavy (non-hydrogen) atoms. The maximum atomic E-state index is 5.37. The minimum atomic E-state index is 0.272. The topological polar surface area (TPSA) is 85.1 Å². The first kappa shape index (κ1) is 13.0. The van der Waals surface area contributed by atoms with E-state index in [-0.39, 0.29) is 6.04 Å². The van der Waals surface area contributed by atoms with Gasteiger partial charge in [-0.15, -0.1) is 11.3 Å². The van der Waals surface area contributed by atoms with Gasteiger partial charge in [0.2, 0.25) is 5.95 Å². The summed E-state index contributed by atoms with van der Waals surface area (Å²) >= 11 is 1.56. The summed E-state index contributed by atoms with van der Waals surface area (Å²) < 4.78 is 5.06. The van der Waals surface area contributed by atoms with Crippen molar-refractivity contribution in [2.45, 2.75) is 19.4 Å². The molecule has 0 aliphatic carbocycles. The van der Waals surface area contributed by atoms with Crippen molar-refractivity contribution < 1.29 is 4.74 Å². The Labute approximate surface area is 110 Å². The van der Waals surface area contributed by atoms with Crippen LogP contribution in [0.3, 0.4) is 0 Å². The van der Waals surface area contributed by atoms with Gasteiger partial charge in [0.15, 0.2) is 0 Å². The molecule has 0 aliphatic heterocycles. The monoisotopic (exact) mass is 267 g/mol. The van der Waals surface area contributed by atoms with E-state index in [1.165, 1.54) is 0 Å². The van der Waals surface area contributed by atoms with E-state index in [4.69, 9.17) is 10.6 Å². The van der Waals surface area contributed by atoms with Gasteiger partial charge in [0.05, 0.1) is 5.39 Å². The molecule has 0 radical (unpaired) electrons. The van der Waals surface area contributed by atoms with Crippen LogP contribution < -0.4 is 16.6 Å². The highest BCUT2D eigenvalue weighted by Gasteiger charge is 2.10. The number of hydrogen-bond acceptors (Lipinski definition) is 7. The Kier molecular flexibility index (Phi) is 4.29. The number of methoxy groups -OCH3 is 1. The van der Waals surface area contributed by atoms with Gasteiger partial charge in [-0.05, 0) is 24.8 Å². The van der Waals surface area contributed by atoms with Gasteiger partial charge in [0.1, 0.15) is 10.6 Å². The number of rotatable bonds is 6. The zero-order valence-electron chi connectivity index (χ0n) is 10.4. The molecule has 0 saturated heterocycles. The first-order valence-corrected chi connectivity index (χ1v) is 6.60. The van der Waals surface area contributed by atoms with E-state index in [2.05, 4.69) is 27.6 Å². The zero-order valence-corrected chi connectivity index (χ0v) is 11.3. The molecule has 0 bridgehead atoms.